The molecule has 3 amide bonds. The number of likely N-dealkylation sites (N-methyl/N-ethyl adjacent to an activating group) is 1. The zero-order valence-corrected chi connectivity index (χ0v) is 23.0. The van der Waals surface area contributed by atoms with E-state index in [1.54, 1.807) is 24.1 Å². The van der Waals surface area contributed by atoms with Crippen molar-refractivity contribution >= 4 is 35.2 Å². The van der Waals surface area contributed by atoms with E-state index in [1.807, 2.05) is 26.0 Å². The van der Waals surface area contributed by atoms with E-state index in [1.165, 1.54) is 24.6 Å². The normalized spacial score (nSPS) is 21.6. The Morgan fingerprint density at radius 3 is 2.51 bits per heavy atom. The summed E-state index contributed by atoms with van der Waals surface area (Å²) >= 11 is 1.41. The number of carbonyl (C=O) groups is 3. The van der Waals surface area contributed by atoms with Crippen molar-refractivity contribution in [3.05, 3.63) is 29.8 Å². The van der Waals surface area contributed by atoms with E-state index in [0.29, 0.717) is 31.8 Å². The standard InChI is InChI=1S/C26H42N6O4S/c1-4-19(17-36-3)30-24(34)22(27)26-32(5-2)25(35)21(37-26)16-29-20-10-8-18(9-11-20)23(33)28-12-15-31-13-6-7-14-31/h8-11,19,21-22,26,29H,4-7,12-17,27H2,1-3H3,(H,28,33)(H,30,34)/t19?,21-,22-,26?/m1/s1. The van der Waals surface area contributed by atoms with Crippen LogP contribution >= 0.6 is 11.8 Å². The summed E-state index contributed by atoms with van der Waals surface area (Å²) < 4.78 is 5.15. The van der Waals surface area contributed by atoms with Crippen molar-refractivity contribution in [1.29, 1.82) is 0 Å². The highest BCUT2D eigenvalue weighted by molar-refractivity contribution is 8.01. The SMILES string of the molecule is CCC(COC)NC(=O)[C@@H](N)C1S[C@H](CNc2ccc(C(=O)NCCN3CCCC3)cc2)C(=O)N1CC. The monoisotopic (exact) mass is 534 g/mol. The van der Waals surface area contributed by atoms with Crippen LogP contribution in [0.5, 0.6) is 0 Å². The molecule has 2 unspecified atom stereocenters. The summed E-state index contributed by atoms with van der Waals surface area (Å²) in [5, 5.41) is 8.40. The molecule has 206 valence electrons. The number of rotatable bonds is 14. The van der Waals surface area contributed by atoms with Gasteiger partial charge in [-0.25, -0.2) is 0 Å². The van der Waals surface area contributed by atoms with Crippen LogP contribution in [0.25, 0.3) is 0 Å². The summed E-state index contributed by atoms with van der Waals surface area (Å²) in [5.41, 5.74) is 7.73. The third kappa shape index (κ3) is 8.07. The second kappa shape index (κ2) is 14.6. The fourth-order valence-corrected chi connectivity index (χ4v) is 6.10. The molecule has 1 aromatic carbocycles. The van der Waals surface area contributed by atoms with Gasteiger partial charge in [-0.15, -0.1) is 11.8 Å². The lowest BCUT2D eigenvalue weighted by atomic mass is 10.2. The second-order valence-electron chi connectivity index (χ2n) is 9.50. The van der Waals surface area contributed by atoms with Gasteiger partial charge in [0.05, 0.1) is 12.6 Å². The summed E-state index contributed by atoms with van der Waals surface area (Å²) in [7, 11) is 1.59. The molecule has 2 aliphatic heterocycles. The fourth-order valence-electron chi connectivity index (χ4n) is 4.64. The maximum Gasteiger partial charge on any atom is 0.251 e. The summed E-state index contributed by atoms with van der Waals surface area (Å²) in [6.45, 7) is 8.89. The zero-order valence-electron chi connectivity index (χ0n) is 22.2. The first kappa shape index (κ1) is 29.2. The molecule has 0 spiro atoms. The third-order valence-corrected chi connectivity index (χ3v) is 8.40. The smallest absolute Gasteiger partial charge is 0.251 e. The van der Waals surface area contributed by atoms with Crippen molar-refractivity contribution in [2.45, 2.75) is 55.8 Å². The predicted octanol–water partition coefficient (Wildman–Crippen LogP) is 1.08. The summed E-state index contributed by atoms with van der Waals surface area (Å²) in [4.78, 5) is 42.2. The molecule has 10 nitrogen and oxygen atoms in total. The Balaban J connectivity index is 1.49. The van der Waals surface area contributed by atoms with Crippen molar-refractivity contribution in [1.82, 2.24) is 20.4 Å². The number of nitrogens with two attached hydrogens (primary N) is 1. The first-order valence-electron chi connectivity index (χ1n) is 13.2. The number of ether oxygens (including phenoxy) is 1. The van der Waals surface area contributed by atoms with Crippen LogP contribution in [0, 0.1) is 0 Å². The van der Waals surface area contributed by atoms with Gasteiger partial charge in [0.25, 0.3) is 5.91 Å². The highest BCUT2D eigenvalue weighted by Gasteiger charge is 2.44. The second-order valence-corrected chi connectivity index (χ2v) is 10.8. The number of hydrogen-bond acceptors (Lipinski definition) is 8. The molecule has 3 rings (SSSR count). The number of anilines is 1. The predicted molar refractivity (Wildman–Crippen MR) is 148 cm³/mol. The molecule has 0 aliphatic carbocycles. The highest BCUT2D eigenvalue weighted by atomic mass is 32.2. The molecule has 0 saturated carbocycles. The number of hydrogen-bond donors (Lipinski definition) is 4. The number of amides is 3. The molecule has 2 heterocycles. The van der Waals surface area contributed by atoms with Gasteiger partial charge in [0, 0.05) is 44.5 Å². The molecule has 37 heavy (non-hydrogen) atoms. The molecule has 1 aromatic rings. The third-order valence-electron chi connectivity index (χ3n) is 6.88. The summed E-state index contributed by atoms with van der Waals surface area (Å²) in [6.07, 6.45) is 3.20. The Kier molecular flexibility index (Phi) is 11.5. The van der Waals surface area contributed by atoms with Crippen molar-refractivity contribution in [3.63, 3.8) is 0 Å². The maximum absolute atomic E-state index is 13.0. The average molecular weight is 535 g/mol. The van der Waals surface area contributed by atoms with Gasteiger partial charge in [-0.1, -0.05) is 6.92 Å². The number of methoxy groups -OCH3 is 1. The van der Waals surface area contributed by atoms with Gasteiger partial charge in [-0.3, -0.25) is 14.4 Å². The van der Waals surface area contributed by atoms with Gasteiger partial charge >= 0.3 is 0 Å². The van der Waals surface area contributed by atoms with Crippen LogP contribution in [0.1, 0.15) is 43.5 Å². The van der Waals surface area contributed by atoms with Gasteiger partial charge in [0.15, 0.2) is 0 Å². The van der Waals surface area contributed by atoms with E-state index in [9.17, 15) is 14.4 Å². The minimum absolute atomic E-state index is 0.0359. The number of thioether (sulfide) groups is 1. The van der Waals surface area contributed by atoms with Gasteiger partial charge < -0.3 is 36.2 Å². The average Bonchev–Trinajstić information content (AvgIpc) is 3.54. The summed E-state index contributed by atoms with van der Waals surface area (Å²) in [5.74, 6) is -0.404. The number of nitrogens with one attached hydrogen (secondary N) is 3. The minimum atomic E-state index is -0.840. The lowest BCUT2D eigenvalue weighted by molar-refractivity contribution is -0.131. The number of likely N-dealkylation sites (tertiary alicyclic amines) is 1. The highest BCUT2D eigenvalue weighted by Crippen LogP contribution is 2.33. The van der Waals surface area contributed by atoms with Crippen LogP contribution in [0.2, 0.25) is 0 Å². The molecule has 0 bridgehead atoms. The number of benzene rings is 1. The molecule has 2 fully saturated rings. The first-order valence-corrected chi connectivity index (χ1v) is 14.2. The van der Waals surface area contributed by atoms with Gasteiger partial charge in [-0.2, -0.15) is 0 Å². The van der Waals surface area contributed by atoms with Crippen LogP contribution < -0.4 is 21.7 Å². The van der Waals surface area contributed by atoms with Gasteiger partial charge in [0.1, 0.15) is 16.7 Å². The van der Waals surface area contributed by atoms with Crippen LogP contribution in [0.3, 0.4) is 0 Å². The molecule has 2 aliphatic rings. The molecular formula is C26H42N6O4S. The lowest BCUT2D eigenvalue weighted by Crippen LogP contribution is -2.55. The molecule has 4 atom stereocenters. The first-order chi connectivity index (χ1) is 17.9. The van der Waals surface area contributed by atoms with E-state index in [4.69, 9.17) is 10.5 Å². The van der Waals surface area contributed by atoms with Gasteiger partial charge in [-0.05, 0) is 63.5 Å². The van der Waals surface area contributed by atoms with E-state index < -0.39 is 11.4 Å². The molecule has 0 aromatic heterocycles. The van der Waals surface area contributed by atoms with Crippen molar-refractivity contribution in [3.8, 4) is 0 Å². The Bertz CT molecular complexity index is 896. The molecule has 2 saturated heterocycles. The zero-order chi connectivity index (χ0) is 26.8. The Labute approximate surface area is 224 Å². The number of carbonyl (C=O) groups excluding carboxylic acids is 3. The molecule has 5 N–H and O–H groups in total. The Morgan fingerprint density at radius 1 is 1.19 bits per heavy atom. The topological polar surface area (TPSA) is 129 Å². The summed E-state index contributed by atoms with van der Waals surface area (Å²) in [6, 6.07) is 6.29. The van der Waals surface area contributed by atoms with Crippen molar-refractivity contribution < 1.29 is 19.1 Å². The molecule has 11 heteroatoms. The van der Waals surface area contributed by atoms with E-state index in [2.05, 4.69) is 20.9 Å². The lowest BCUT2D eigenvalue weighted by Gasteiger charge is -2.28. The molecule has 0 radical (unpaired) electrons. The van der Waals surface area contributed by atoms with Crippen molar-refractivity contribution in [2.24, 2.45) is 5.73 Å². The van der Waals surface area contributed by atoms with Crippen LogP contribution in [0.4, 0.5) is 5.69 Å². The van der Waals surface area contributed by atoms with Crippen LogP contribution in [-0.2, 0) is 14.3 Å². The number of nitrogens with zero attached hydrogens (tertiary/aromatic N) is 2. The van der Waals surface area contributed by atoms with E-state index in [0.717, 1.165) is 31.7 Å². The Morgan fingerprint density at radius 2 is 1.89 bits per heavy atom. The van der Waals surface area contributed by atoms with Crippen molar-refractivity contribution in [2.75, 3.05) is 58.3 Å². The van der Waals surface area contributed by atoms with Crippen LogP contribution in [0.15, 0.2) is 24.3 Å². The van der Waals surface area contributed by atoms with Crippen LogP contribution in [-0.4, -0.2) is 103 Å². The van der Waals surface area contributed by atoms with Gasteiger partial charge in [0.2, 0.25) is 11.8 Å². The maximum atomic E-state index is 13.0. The fraction of sp³-hybridized carbons (Fsp3) is 0.654. The van der Waals surface area contributed by atoms with E-state index >= 15 is 0 Å². The van der Waals surface area contributed by atoms with E-state index in [-0.39, 0.29) is 29.0 Å². The minimum Gasteiger partial charge on any atom is -0.383 e. The Hall–Kier alpha value is -2.34. The quantitative estimate of drug-likeness (QED) is 0.279. The molecular weight excluding hydrogens is 492 g/mol. The largest absolute Gasteiger partial charge is 0.383 e.